The van der Waals surface area contributed by atoms with E-state index in [0.29, 0.717) is 6.10 Å². The van der Waals surface area contributed by atoms with E-state index in [1.165, 1.54) is 5.56 Å². The molecule has 2 fully saturated rings. The normalized spacial score (nSPS) is 22.1. The molecule has 0 aliphatic carbocycles. The monoisotopic (exact) mass is 507 g/mol. The highest BCUT2D eigenvalue weighted by molar-refractivity contribution is 14.0. The van der Waals surface area contributed by atoms with E-state index in [0.717, 1.165) is 76.1 Å². The van der Waals surface area contributed by atoms with Crippen LogP contribution in [0.5, 0.6) is 0 Å². The van der Waals surface area contributed by atoms with Crippen LogP contribution in [0.2, 0.25) is 5.02 Å². The molecular weight excluding hydrogens is 477 g/mol. The maximum absolute atomic E-state index is 6.26. The molecule has 1 atom stereocenters. The van der Waals surface area contributed by atoms with Crippen LogP contribution in [0.1, 0.15) is 38.2 Å². The minimum atomic E-state index is -0.0185. The molecule has 0 radical (unpaired) electrons. The van der Waals surface area contributed by atoms with E-state index >= 15 is 0 Å². The summed E-state index contributed by atoms with van der Waals surface area (Å²) in [6.07, 6.45) is 4.49. The number of aliphatic imine (C=N–C) groups is 1. The molecule has 2 saturated heterocycles. The van der Waals surface area contributed by atoms with Crippen LogP contribution in [0.15, 0.2) is 29.3 Å². The molecule has 2 heterocycles. The number of halogens is 2. The lowest BCUT2D eigenvalue weighted by Crippen LogP contribution is -2.43. The fourth-order valence-corrected chi connectivity index (χ4v) is 3.90. The number of hydrogen-bond donors (Lipinski definition) is 2. The van der Waals surface area contributed by atoms with E-state index in [4.69, 9.17) is 26.1 Å². The molecular formula is C20H31ClIN3O2. The third kappa shape index (κ3) is 6.48. The van der Waals surface area contributed by atoms with Crippen molar-refractivity contribution in [3.8, 4) is 0 Å². The summed E-state index contributed by atoms with van der Waals surface area (Å²) in [7, 11) is 0. The van der Waals surface area contributed by atoms with Crippen molar-refractivity contribution in [2.24, 2.45) is 4.99 Å². The van der Waals surface area contributed by atoms with Gasteiger partial charge in [0.15, 0.2) is 5.96 Å². The summed E-state index contributed by atoms with van der Waals surface area (Å²) in [4.78, 5) is 4.92. The Bertz CT molecular complexity index is 603. The molecule has 3 rings (SSSR count). The minimum Gasteiger partial charge on any atom is -0.381 e. The molecule has 0 bridgehead atoms. The Morgan fingerprint density at radius 1 is 1.26 bits per heavy atom. The zero-order valence-electron chi connectivity index (χ0n) is 16.0. The SMILES string of the molecule is CCNC(=NCC1(c2cccc(Cl)c2)CCOCC1)NCC1CCCO1.I. The van der Waals surface area contributed by atoms with E-state index < -0.39 is 0 Å². The van der Waals surface area contributed by atoms with Crippen LogP contribution >= 0.6 is 35.6 Å². The fraction of sp³-hybridized carbons (Fsp3) is 0.650. The fourth-order valence-electron chi connectivity index (χ4n) is 3.71. The van der Waals surface area contributed by atoms with Gasteiger partial charge in [-0.1, -0.05) is 23.7 Å². The molecule has 27 heavy (non-hydrogen) atoms. The molecule has 0 saturated carbocycles. The Morgan fingerprint density at radius 2 is 2.07 bits per heavy atom. The van der Waals surface area contributed by atoms with Gasteiger partial charge in [0.2, 0.25) is 0 Å². The van der Waals surface area contributed by atoms with Crippen LogP contribution in [0.4, 0.5) is 0 Å². The maximum Gasteiger partial charge on any atom is 0.191 e. The first-order valence-corrected chi connectivity index (χ1v) is 10.1. The van der Waals surface area contributed by atoms with Crippen LogP contribution in [0, 0.1) is 0 Å². The van der Waals surface area contributed by atoms with Gasteiger partial charge in [0.25, 0.3) is 0 Å². The summed E-state index contributed by atoms with van der Waals surface area (Å²) in [5.74, 6) is 0.857. The Morgan fingerprint density at radius 3 is 2.74 bits per heavy atom. The topological polar surface area (TPSA) is 54.9 Å². The first-order chi connectivity index (χ1) is 12.7. The predicted molar refractivity (Wildman–Crippen MR) is 122 cm³/mol. The van der Waals surface area contributed by atoms with Crippen LogP contribution in [-0.4, -0.2) is 51.5 Å². The Kier molecular flexibility index (Phi) is 9.62. The number of benzene rings is 1. The quantitative estimate of drug-likeness (QED) is 0.350. The van der Waals surface area contributed by atoms with Gasteiger partial charge in [0, 0.05) is 43.3 Å². The zero-order valence-corrected chi connectivity index (χ0v) is 19.1. The summed E-state index contributed by atoms with van der Waals surface area (Å²) in [5, 5.41) is 7.57. The molecule has 0 spiro atoms. The summed E-state index contributed by atoms with van der Waals surface area (Å²) in [6, 6.07) is 8.20. The lowest BCUT2D eigenvalue weighted by atomic mass is 9.74. The number of guanidine groups is 1. The van der Waals surface area contributed by atoms with E-state index in [9.17, 15) is 0 Å². The molecule has 7 heteroatoms. The second-order valence-corrected chi connectivity index (χ2v) is 7.55. The highest BCUT2D eigenvalue weighted by atomic mass is 127. The third-order valence-electron chi connectivity index (χ3n) is 5.29. The van der Waals surface area contributed by atoms with E-state index in [1.54, 1.807) is 0 Å². The summed E-state index contributed by atoms with van der Waals surface area (Å²) >= 11 is 6.26. The van der Waals surface area contributed by atoms with Crippen molar-refractivity contribution in [3.63, 3.8) is 0 Å². The molecule has 2 N–H and O–H groups in total. The number of hydrogen-bond acceptors (Lipinski definition) is 3. The average molecular weight is 508 g/mol. The Labute approximate surface area is 184 Å². The van der Waals surface area contributed by atoms with Crippen LogP contribution in [0.25, 0.3) is 0 Å². The average Bonchev–Trinajstić information content (AvgIpc) is 3.18. The lowest BCUT2D eigenvalue weighted by Gasteiger charge is -2.36. The van der Waals surface area contributed by atoms with Crippen LogP contribution in [0.3, 0.4) is 0 Å². The zero-order chi connectivity index (χ0) is 18.2. The van der Waals surface area contributed by atoms with Gasteiger partial charge in [-0.15, -0.1) is 24.0 Å². The van der Waals surface area contributed by atoms with Crippen molar-refractivity contribution in [3.05, 3.63) is 34.9 Å². The molecule has 5 nitrogen and oxygen atoms in total. The first kappa shape index (κ1) is 22.7. The second-order valence-electron chi connectivity index (χ2n) is 7.11. The number of nitrogens with zero attached hydrogens (tertiary/aromatic N) is 1. The smallest absolute Gasteiger partial charge is 0.191 e. The molecule has 2 aliphatic rings. The standard InChI is InChI=1S/C20H30ClN3O2.HI/c1-2-22-19(23-14-18-7-4-10-26-18)24-15-20(8-11-25-12-9-20)16-5-3-6-17(21)13-16;/h3,5-6,13,18H,2,4,7-12,14-15H2,1H3,(H2,22,23,24);1H. The second kappa shape index (κ2) is 11.4. The van der Waals surface area contributed by atoms with E-state index in [1.807, 2.05) is 12.1 Å². The van der Waals surface area contributed by atoms with Gasteiger partial charge >= 0.3 is 0 Å². The largest absolute Gasteiger partial charge is 0.381 e. The van der Waals surface area contributed by atoms with Gasteiger partial charge in [0.1, 0.15) is 0 Å². The Balaban J connectivity index is 0.00000261. The minimum absolute atomic E-state index is 0. The molecule has 1 unspecified atom stereocenters. The van der Waals surface area contributed by atoms with Gasteiger partial charge in [0.05, 0.1) is 12.6 Å². The van der Waals surface area contributed by atoms with Gasteiger partial charge < -0.3 is 20.1 Å². The number of ether oxygens (including phenoxy) is 2. The number of rotatable bonds is 6. The molecule has 0 aromatic heterocycles. The molecule has 152 valence electrons. The van der Waals surface area contributed by atoms with Crippen molar-refractivity contribution < 1.29 is 9.47 Å². The van der Waals surface area contributed by atoms with Crippen molar-refractivity contribution in [1.82, 2.24) is 10.6 Å². The highest BCUT2D eigenvalue weighted by Gasteiger charge is 2.34. The number of nitrogens with one attached hydrogen (secondary N) is 2. The molecule has 0 amide bonds. The predicted octanol–water partition coefficient (Wildman–Crippen LogP) is 3.74. The van der Waals surface area contributed by atoms with Crippen LogP contribution in [-0.2, 0) is 14.9 Å². The van der Waals surface area contributed by atoms with Crippen molar-refractivity contribution in [2.75, 3.05) is 39.5 Å². The van der Waals surface area contributed by atoms with Gasteiger partial charge in [-0.3, -0.25) is 4.99 Å². The van der Waals surface area contributed by atoms with Crippen molar-refractivity contribution >= 4 is 41.5 Å². The summed E-state index contributed by atoms with van der Waals surface area (Å²) in [5.41, 5.74) is 1.24. The highest BCUT2D eigenvalue weighted by Crippen LogP contribution is 2.36. The van der Waals surface area contributed by atoms with Crippen LogP contribution < -0.4 is 10.6 Å². The van der Waals surface area contributed by atoms with Gasteiger partial charge in [-0.25, -0.2) is 0 Å². The van der Waals surface area contributed by atoms with E-state index in [-0.39, 0.29) is 29.4 Å². The van der Waals surface area contributed by atoms with Gasteiger partial charge in [-0.2, -0.15) is 0 Å². The van der Waals surface area contributed by atoms with E-state index in [2.05, 4.69) is 29.7 Å². The van der Waals surface area contributed by atoms with Crippen molar-refractivity contribution in [1.29, 1.82) is 0 Å². The Hall–Kier alpha value is -0.570. The molecule has 2 aliphatic heterocycles. The van der Waals surface area contributed by atoms with Gasteiger partial charge in [-0.05, 0) is 50.3 Å². The summed E-state index contributed by atoms with van der Waals surface area (Å²) in [6.45, 7) is 6.85. The third-order valence-corrected chi connectivity index (χ3v) is 5.53. The lowest BCUT2D eigenvalue weighted by molar-refractivity contribution is 0.0531. The maximum atomic E-state index is 6.26. The molecule has 1 aromatic rings. The summed E-state index contributed by atoms with van der Waals surface area (Å²) < 4.78 is 11.3. The van der Waals surface area contributed by atoms with Crippen molar-refractivity contribution in [2.45, 2.75) is 44.1 Å². The molecule has 1 aromatic carbocycles. The first-order valence-electron chi connectivity index (χ1n) is 9.69.